The highest BCUT2D eigenvalue weighted by atomic mass is 127. The fraction of sp³-hybridized carbons (Fsp3) is 0.167. The number of hydrogen-bond acceptors (Lipinski definition) is 6. The Kier molecular flexibility index (Phi) is 10.1. The van der Waals surface area contributed by atoms with Crippen molar-refractivity contribution in [3.05, 3.63) is 124 Å². The van der Waals surface area contributed by atoms with Crippen molar-refractivity contribution in [3.8, 4) is 5.75 Å². The van der Waals surface area contributed by atoms with Crippen LogP contribution in [0.2, 0.25) is 15.1 Å². The first kappa shape index (κ1) is 31.5. The molecule has 216 valence electrons. The van der Waals surface area contributed by atoms with Crippen LogP contribution in [0.15, 0.2) is 75.7 Å². The Morgan fingerprint density at radius 3 is 2.43 bits per heavy atom. The number of halogens is 5. The minimum atomic E-state index is -0.770. The molecule has 0 bridgehead atoms. The molecule has 12 heteroatoms. The van der Waals surface area contributed by atoms with Gasteiger partial charge in [0.15, 0.2) is 4.80 Å². The summed E-state index contributed by atoms with van der Waals surface area (Å²) in [6, 6.07) is 15.7. The average molecular weight is 866 g/mol. The summed E-state index contributed by atoms with van der Waals surface area (Å²) in [5.74, 6) is 0.202. The molecular weight excluding hydrogens is 845 g/mol. The number of aromatic nitrogens is 1. The van der Waals surface area contributed by atoms with Crippen molar-refractivity contribution >= 4 is 103 Å². The third-order valence-electron chi connectivity index (χ3n) is 6.40. The summed E-state index contributed by atoms with van der Waals surface area (Å²) in [5, 5.41) is 1.40. The van der Waals surface area contributed by atoms with Crippen molar-refractivity contribution in [2.75, 3.05) is 6.61 Å². The predicted molar refractivity (Wildman–Crippen MR) is 185 cm³/mol. The molecule has 1 atom stereocenters. The van der Waals surface area contributed by atoms with E-state index < -0.39 is 12.0 Å². The number of ether oxygens (including phenoxy) is 2. The van der Waals surface area contributed by atoms with Crippen molar-refractivity contribution in [2.24, 2.45) is 4.99 Å². The zero-order valence-corrected chi connectivity index (χ0v) is 29.5. The second-order valence-corrected chi connectivity index (χ2v) is 13.7. The van der Waals surface area contributed by atoms with Gasteiger partial charge in [-0.25, -0.2) is 9.79 Å². The second kappa shape index (κ2) is 13.4. The Labute approximate surface area is 287 Å². The molecule has 0 aliphatic carbocycles. The number of fused-ring (bicyclic) bond motifs is 1. The van der Waals surface area contributed by atoms with E-state index in [1.807, 2.05) is 36.4 Å². The predicted octanol–water partition coefficient (Wildman–Crippen LogP) is 7.55. The molecule has 0 fully saturated rings. The molecule has 5 rings (SSSR count). The van der Waals surface area contributed by atoms with Crippen LogP contribution in [0.4, 0.5) is 0 Å². The molecule has 1 aliphatic heterocycles. The van der Waals surface area contributed by atoms with Crippen LogP contribution in [-0.4, -0.2) is 17.1 Å². The van der Waals surface area contributed by atoms with Crippen molar-refractivity contribution in [2.45, 2.75) is 26.5 Å². The Morgan fingerprint density at radius 2 is 1.76 bits per heavy atom. The van der Waals surface area contributed by atoms with E-state index in [0.717, 1.165) is 24.0 Å². The van der Waals surface area contributed by atoms with Gasteiger partial charge in [0, 0.05) is 5.02 Å². The molecule has 0 radical (unpaired) electrons. The molecule has 0 N–H and O–H groups in total. The highest BCUT2D eigenvalue weighted by Gasteiger charge is 2.34. The molecule has 0 saturated carbocycles. The molecule has 1 aliphatic rings. The Balaban J connectivity index is 1.55. The lowest BCUT2D eigenvalue weighted by atomic mass is 9.96. The standard InChI is InChI=1S/C30H21Cl3I2N2O4S/c1-3-40-29(39)25-15(2)36-30-37(26(25)18-6-4-5-7-19(18)31)28(38)24(42-30)13-17-11-22(34)27(23(35)12-17)41-14-16-8-9-20(32)21(33)10-16/h4-13,26H,3,14H2,1-2H3/b24-13-/t26-/m0/s1. The zero-order chi connectivity index (χ0) is 30.1. The van der Waals surface area contributed by atoms with E-state index in [0.29, 0.717) is 42.3 Å². The van der Waals surface area contributed by atoms with E-state index in [9.17, 15) is 9.59 Å². The maximum Gasteiger partial charge on any atom is 0.338 e. The summed E-state index contributed by atoms with van der Waals surface area (Å²) >= 11 is 24.5. The number of carbonyl (C=O) groups is 1. The lowest BCUT2D eigenvalue weighted by molar-refractivity contribution is -0.139. The number of allylic oxidation sites excluding steroid dienone is 1. The highest BCUT2D eigenvalue weighted by molar-refractivity contribution is 14.1. The molecule has 1 aromatic heterocycles. The normalized spacial score (nSPS) is 14.9. The number of carbonyl (C=O) groups excluding carboxylic acids is 1. The molecule has 0 unspecified atom stereocenters. The first-order chi connectivity index (χ1) is 20.1. The molecule has 0 saturated heterocycles. The number of esters is 1. The molecule has 0 amide bonds. The van der Waals surface area contributed by atoms with E-state index >= 15 is 0 Å². The minimum absolute atomic E-state index is 0.194. The second-order valence-electron chi connectivity index (χ2n) is 9.17. The van der Waals surface area contributed by atoms with Crippen LogP contribution in [0.25, 0.3) is 6.08 Å². The van der Waals surface area contributed by atoms with Crippen LogP contribution in [0.5, 0.6) is 5.75 Å². The van der Waals surface area contributed by atoms with Crippen molar-refractivity contribution in [3.63, 3.8) is 0 Å². The first-order valence-corrected chi connectivity index (χ1v) is 16.7. The maximum absolute atomic E-state index is 13.9. The van der Waals surface area contributed by atoms with Crippen LogP contribution in [-0.2, 0) is 16.1 Å². The average Bonchev–Trinajstić information content (AvgIpc) is 3.23. The maximum atomic E-state index is 13.9. The number of benzene rings is 3. The van der Waals surface area contributed by atoms with E-state index in [2.05, 4.69) is 50.2 Å². The van der Waals surface area contributed by atoms with Crippen LogP contribution in [0, 0.1) is 7.14 Å². The van der Waals surface area contributed by atoms with Gasteiger partial charge in [-0.15, -0.1) is 0 Å². The van der Waals surface area contributed by atoms with Crippen LogP contribution >= 0.6 is 91.3 Å². The quantitative estimate of drug-likeness (QED) is 0.142. The van der Waals surface area contributed by atoms with Crippen LogP contribution in [0.1, 0.15) is 36.6 Å². The third-order valence-corrected chi connectivity index (χ3v) is 10.1. The zero-order valence-electron chi connectivity index (χ0n) is 22.1. The van der Waals surface area contributed by atoms with Gasteiger partial charge in [-0.3, -0.25) is 9.36 Å². The summed E-state index contributed by atoms with van der Waals surface area (Å²) < 4.78 is 15.2. The largest absolute Gasteiger partial charge is 0.487 e. The summed E-state index contributed by atoms with van der Waals surface area (Å²) in [6.45, 7) is 4.00. The molecule has 42 heavy (non-hydrogen) atoms. The summed E-state index contributed by atoms with van der Waals surface area (Å²) in [6.07, 6.45) is 1.82. The van der Waals surface area contributed by atoms with Gasteiger partial charge in [0.05, 0.1) is 39.6 Å². The summed E-state index contributed by atoms with van der Waals surface area (Å²) in [4.78, 5) is 32.1. The molecular formula is C30H21Cl3I2N2O4S. The monoisotopic (exact) mass is 864 g/mol. The van der Waals surface area contributed by atoms with E-state index in [1.165, 1.54) is 15.9 Å². The molecule has 0 spiro atoms. The van der Waals surface area contributed by atoms with E-state index in [-0.39, 0.29) is 17.7 Å². The van der Waals surface area contributed by atoms with Gasteiger partial charge in [0.25, 0.3) is 5.56 Å². The topological polar surface area (TPSA) is 69.9 Å². The van der Waals surface area contributed by atoms with Gasteiger partial charge < -0.3 is 9.47 Å². The SMILES string of the molecule is CCOC(=O)C1=C(C)N=c2s/c(=C\c3cc(I)c(OCc4ccc(Cl)c(Cl)c4)c(I)c3)c(=O)n2[C@H]1c1ccccc1Cl. The highest BCUT2D eigenvalue weighted by Crippen LogP contribution is 2.35. The van der Waals surface area contributed by atoms with E-state index in [4.69, 9.17) is 44.3 Å². The number of rotatable bonds is 7. The van der Waals surface area contributed by atoms with Crippen LogP contribution in [0.3, 0.4) is 0 Å². The Bertz CT molecular complexity index is 1910. The smallest absolute Gasteiger partial charge is 0.338 e. The first-order valence-electron chi connectivity index (χ1n) is 12.6. The lowest BCUT2D eigenvalue weighted by Gasteiger charge is -2.25. The van der Waals surface area contributed by atoms with Gasteiger partial charge in [-0.05, 0) is 112 Å². The van der Waals surface area contributed by atoms with Crippen LogP contribution < -0.4 is 19.6 Å². The summed E-state index contributed by atoms with van der Waals surface area (Å²) in [7, 11) is 0. The Hall–Kier alpha value is -1.90. The minimum Gasteiger partial charge on any atom is -0.487 e. The molecule has 6 nitrogen and oxygen atoms in total. The van der Waals surface area contributed by atoms with Gasteiger partial charge in [0.2, 0.25) is 0 Å². The molecule has 3 aromatic carbocycles. The van der Waals surface area contributed by atoms with Crippen molar-refractivity contribution in [1.29, 1.82) is 0 Å². The fourth-order valence-corrected chi connectivity index (χ4v) is 8.25. The number of hydrogen-bond donors (Lipinski definition) is 0. The molecule has 2 heterocycles. The number of nitrogens with zero attached hydrogens (tertiary/aromatic N) is 2. The van der Waals surface area contributed by atoms with Gasteiger partial charge in [-0.1, -0.05) is 70.4 Å². The Morgan fingerprint density at radius 1 is 1.05 bits per heavy atom. The van der Waals surface area contributed by atoms with Crippen molar-refractivity contribution in [1.82, 2.24) is 4.57 Å². The third kappa shape index (κ3) is 6.46. The van der Waals surface area contributed by atoms with Gasteiger partial charge in [0.1, 0.15) is 18.4 Å². The van der Waals surface area contributed by atoms with E-state index in [1.54, 1.807) is 38.1 Å². The summed E-state index contributed by atoms with van der Waals surface area (Å²) in [5.41, 5.74) is 2.84. The fourth-order valence-electron chi connectivity index (χ4n) is 4.52. The lowest BCUT2D eigenvalue weighted by Crippen LogP contribution is -2.40. The molecule has 4 aromatic rings. The van der Waals surface area contributed by atoms with Gasteiger partial charge >= 0.3 is 5.97 Å². The van der Waals surface area contributed by atoms with Crippen molar-refractivity contribution < 1.29 is 14.3 Å². The van der Waals surface area contributed by atoms with Gasteiger partial charge in [-0.2, -0.15) is 0 Å². The number of thiazole rings is 1.